The van der Waals surface area contributed by atoms with Crippen molar-refractivity contribution in [2.45, 2.75) is 84.0 Å². The number of hydrogen-bond donors (Lipinski definition) is 6. The fourth-order valence-electron chi connectivity index (χ4n) is 8.93. The first-order valence-corrected chi connectivity index (χ1v) is 22.1. The van der Waals surface area contributed by atoms with Crippen LogP contribution in [0.2, 0.25) is 0 Å². The third-order valence-corrected chi connectivity index (χ3v) is 12.3. The molecule has 1 aliphatic heterocycles. The molecule has 1 saturated carbocycles. The normalized spacial score (nSPS) is 14.9. The van der Waals surface area contributed by atoms with Gasteiger partial charge in [0.15, 0.2) is 11.3 Å². The molecule has 63 heavy (non-hydrogen) atoms. The molecule has 1 aliphatic carbocycles. The summed E-state index contributed by atoms with van der Waals surface area (Å²) >= 11 is 0. The number of H-pyrrole nitrogens is 2. The molecular formula is C48H57N13O2. The molecule has 0 unspecified atom stereocenters. The maximum absolute atomic E-state index is 9.76. The number of aromatic nitrogens is 8. The SMILES string of the molecule is COc1ccc(CNc2cnc3ccc(NC4CCCCC4)nc3n2)c2c(C)c[nH]c12.Cc1c[nH]c2c(N(C)C)ccc(CNc3cnc4ccc(N5CCC(O)CC5)nc4n3)c12. The highest BCUT2D eigenvalue weighted by atomic mass is 16.5. The number of nitrogens with one attached hydrogen (secondary N) is 5. The average molecular weight is 848 g/mol. The minimum atomic E-state index is -0.204. The minimum Gasteiger partial charge on any atom is -0.495 e. The number of methoxy groups -OCH3 is 1. The van der Waals surface area contributed by atoms with Crippen LogP contribution in [0.15, 0.2) is 73.3 Å². The van der Waals surface area contributed by atoms with Gasteiger partial charge in [0.25, 0.3) is 0 Å². The number of ether oxygens (including phenoxy) is 1. The number of aliphatic hydroxyl groups is 1. The minimum absolute atomic E-state index is 0.204. The van der Waals surface area contributed by atoms with E-state index in [9.17, 15) is 5.11 Å². The summed E-state index contributed by atoms with van der Waals surface area (Å²) in [6.45, 7) is 7.12. The predicted octanol–water partition coefficient (Wildman–Crippen LogP) is 8.63. The summed E-state index contributed by atoms with van der Waals surface area (Å²) in [6, 6.07) is 16.8. The number of hydrogen-bond acceptors (Lipinski definition) is 13. The van der Waals surface area contributed by atoms with E-state index in [1.54, 1.807) is 19.5 Å². The Hall–Kier alpha value is -6.74. The van der Waals surface area contributed by atoms with Crippen LogP contribution in [0.1, 0.15) is 67.2 Å². The van der Waals surface area contributed by atoms with E-state index in [4.69, 9.17) is 24.7 Å². The molecule has 2 aromatic carbocycles. The van der Waals surface area contributed by atoms with E-state index >= 15 is 0 Å². The highest BCUT2D eigenvalue weighted by Crippen LogP contribution is 2.32. The van der Waals surface area contributed by atoms with Crippen LogP contribution in [0.5, 0.6) is 5.75 Å². The fraction of sp³-hybridized carbons (Fsp3) is 0.375. The molecule has 2 aliphatic rings. The molecule has 0 amide bonds. The second kappa shape index (κ2) is 18.3. The van der Waals surface area contributed by atoms with Gasteiger partial charge in [-0.2, -0.15) is 0 Å². The zero-order valence-corrected chi connectivity index (χ0v) is 36.8. The number of aliphatic hydroxyl groups excluding tert-OH is 1. The van der Waals surface area contributed by atoms with Crippen molar-refractivity contribution in [1.82, 2.24) is 39.9 Å². The van der Waals surface area contributed by atoms with E-state index < -0.39 is 0 Å². The smallest absolute Gasteiger partial charge is 0.182 e. The summed E-state index contributed by atoms with van der Waals surface area (Å²) in [4.78, 5) is 39.0. The molecule has 0 atom stereocenters. The maximum atomic E-state index is 9.76. The van der Waals surface area contributed by atoms with E-state index in [-0.39, 0.29) is 6.10 Å². The van der Waals surface area contributed by atoms with E-state index in [1.165, 1.54) is 70.8 Å². The lowest BCUT2D eigenvalue weighted by Crippen LogP contribution is -2.36. The zero-order valence-electron chi connectivity index (χ0n) is 36.8. The topological polar surface area (TPSA) is 181 Å². The van der Waals surface area contributed by atoms with Gasteiger partial charge < -0.3 is 45.6 Å². The van der Waals surface area contributed by atoms with Crippen molar-refractivity contribution >= 4 is 73.1 Å². The molecule has 8 aromatic rings. The molecule has 2 fully saturated rings. The van der Waals surface area contributed by atoms with E-state index in [1.807, 2.05) is 36.5 Å². The number of fused-ring (bicyclic) bond motifs is 4. The second-order valence-corrected chi connectivity index (χ2v) is 17.0. The molecule has 326 valence electrons. The fourth-order valence-corrected chi connectivity index (χ4v) is 8.93. The first-order chi connectivity index (χ1) is 30.7. The van der Waals surface area contributed by atoms with Gasteiger partial charge >= 0.3 is 0 Å². The van der Waals surface area contributed by atoms with Crippen molar-refractivity contribution in [3.63, 3.8) is 0 Å². The van der Waals surface area contributed by atoms with Crippen LogP contribution in [-0.4, -0.2) is 91.4 Å². The van der Waals surface area contributed by atoms with Gasteiger partial charge in [0.05, 0.1) is 42.3 Å². The van der Waals surface area contributed by atoms with Crippen molar-refractivity contribution in [3.8, 4) is 5.75 Å². The molecule has 6 N–H and O–H groups in total. The molecule has 6 aromatic heterocycles. The first kappa shape index (κ1) is 41.6. The maximum Gasteiger partial charge on any atom is 0.182 e. The van der Waals surface area contributed by atoms with Crippen LogP contribution in [0.4, 0.5) is 29.0 Å². The summed E-state index contributed by atoms with van der Waals surface area (Å²) in [6.07, 6.45) is 15.3. The largest absolute Gasteiger partial charge is 0.495 e. The van der Waals surface area contributed by atoms with Gasteiger partial charge in [-0.3, -0.25) is 0 Å². The standard InChI is InChI=1S/C24H29N7O.C24H28N6O/c1-15-12-27-23-19(30(2)3)6-4-16(22(15)23)13-26-20-14-25-18-5-7-21(29-24(18)28-20)31-10-8-17(32)9-11-31;1-15-12-27-23-19(31-2)10-8-16(22(15)23)13-26-21-14-25-18-9-11-20(29-24(18)30-21)28-17-6-4-3-5-7-17/h4-7,12,14,17,27,32H,8-11,13H2,1-3H3,(H,26,28,29);8-12,14,17,27H,3-7,13H2,1-2H3,(H2,26,28,29,30). The lowest BCUT2D eigenvalue weighted by Gasteiger charge is -2.30. The number of nitrogens with zero attached hydrogens (tertiary/aromatic N) is 8. The lowest BCUT2D eigenvalue weighted by molar-refractivity contribution is 0.145. The van der Waals surface area contributed by atoms with Gasteiger partial charge in [0.1, 0.15) is 40.1 Å². The van der Waals surface area contributed by atoms with Gasteiger partial charge in [-0.1, -0.05) is 31.4 Å². The molecule has 0 radical (unpaired) electrons. The van der Waals surface area contributed by atoms with Gasteiger partial charge in [-0.25, -0.2) is 29.9 Å². The Labute approximate surface area is 367 Å². The zero-order chi connectivity index (χ0) is 43.5. The van der Waals surface area contributed by atoms with E-state index in [2.05, 4.69) is 98.0 Å². The Morgan fingerprint density at radius 2 is 1.29 bits per heavy atom. The van der Waals surface area contributed by atoms with Gasteiger partial charge in [-0.15, -0.1) is 0 Å². The third kappa shape index (κ3) is 9.10. The van der Waals surface area contributed by atoms with Crippen molar-refractivity contribution in [2.24, 2.45) is 0 Å². The highest BCUT2D eigenvalue weighted by Gasteiger charge is 2.20. The summed E-state index contributed by atoms with van der Waals surface area (Å²) in [5, 5.41) is 22.6. The van der Waals surface area contributed by atoms with E-state index in [0.717, 1.165) is 65.4 Å². The Morgan fingerprint density at radius 3 is 1.94 bits per heavy atom. The Kier molecular flexibility index (Phi) is 12.1. The molecular weight excluding hydrogens is 791 g/mol. The number of aryl methyl sites for hydroxylation is 2. The van der Waals surface area contributed by atoms with Gasteiger partial charge in [0.2, 0.25) is 0 Å². The Morgan fingerprint density at radius 1 is 0.698 bits per heavy atom. The van der Waals surface area contributed by atoms with Crippen LogP contribution in [-0.2, 0) is 13.1 Å². The Balaban J connectivity index is 0.000000160. The quantitative estimate of drug-likeness (QED) is 0.0729. The summed E-state index contributed by atoms with van der Waals surface area (Å²) in [5.74, 6) is 4.03. The summed E-state index contributed by atoms with van der Waals surface area (Å²) in [7, 11) is 5.81. The van der Waals surface area contributed by atoms with Crippen LogP contribution in [0, 0.1) is 13.8 Å². The molecule has 0 spiro atoms. The highest BCUT2D eigenvalue weighted by molar-refractivity contribution is 5.96. The van der Waals surface area contributed by atoms with Crippen LogP contribution < -0.4 is 30.5 Å². The van der Waals surface area contributed by atoms with Crippen LogP contribution in [0.25, 0.3) is 44.1 Å². The van der Waals surface area contributed by atoms with Crippen molar-refractivity contribution in [2.75, 3.05) is 60.0 Å². The number of benzene rings is 2. The predicted molar refractivity (Wildman–Crippen MR) is 254 cm³/mol. The number of pyridine rings is 2. The van der Waals surface area contributed by atoms with Crippen LogP contribution in [0.3, 0.4) is 0 Å². The van der Waals surface area contributed by atoms with Crippen LogP contribution >= 0.6 is 0 Å². The lowest BCUT2D eigenvalue weighted by atomic mass is 9.95. The van der Waals surface area contributed by atoms with E-state index in [0.29, 0.717) is 42.1 Å². The number of anilines is 5. The molecule has 7 heterocycles. The molecule has 0 bridgehead atoms. The molecule has 15 heteroatoms. The number of piperidine rings is 1. The first-order valence-electron chi connectivity index (χ1n) is 22.1. The van der Waals surface area contributed by atoms with Gasteiger partial charge in [-0.05, 0) is 98.2 Å². The molecule has 10 rings (SSSR count). The second-order valence-electron chi connectivity index (χ2n) is 17.0. The number of rotatable bonds is 11. The summed E-state index contributed by atoms with van der Waals surface area (Å²) in [5.41, 5.74) is 11.0. The number of aromatic amines is 2. The van der Waals surface area contributed by atoms with Gasteiger partial charge in [0, 0.05) is 69.5 Å². The average Bonchev–Trinajstić information content (AvgIpc) is 3.90. The van der Waals surface area contributed by atoms with Crippen molar-refractivity contribution in [3.05, 3.63) is 95.6 Å². The Bertz CT molecular complexity index is 2860. The molecule has 1 saturated heterocycles. The monoisotopic (exact) mass is 847 g/mol. The third-order valence-electron chi connectivity index (χ3n) is 12.3. The van der Waals surface area contributed by atoms with Crippen molar-refractivity contribution in [1.29, 1.82) is 0 Å². The molecule has 15 nitrogen and oxygen atoms in total. The van der Waals surface area contributed by atoms with Crippen molar-refractivity contribution < 1.29 is 9.84 Å². The summed E-state index contributed by atoms with van der Waals surface area (Å²) < 4.78 is 5.48.